The summed E-state index contributed by atoms with van der Waals surface area (Å²) in [5.74, 6) is 0.478. The van der Waals surface area contributed by atoms with E-state index in [2.05, 4.69) is 23.7 Å². The molecule has 0 amide bonds. The Morgan fingerprint density at radius 3 is 2.86 bits per heavy atom. The van der Waals surface area contributed by atoms with Crippen LogP contribution in [-0.4, -0.2) is 49.7 Å². The first-order chi connectivity index (χ1) is 9.95. The van der Waals surface area contributed by atoms with E-state index in [0.29, 0.717) is 45.1 Å². The first-order valence-electron chi connectivity index (χ1n) is 7.16. The molecule has 7 nitrogen and oxygen atoms in total. The van der Waals surface area contributed by atoms with Crippen LogP contribution in [0.3, 0.4) is 0 Å². The maximum Gasteiger partial charge on any atom is 0.243 e. The van der Waals surface area contributed by atoms with Crippen molar-refractivity contribution in [2.24, 2.45) is 5.92 Å². The Morgan fingerprint density at radius 2 is 2.19 bits per heavy atom. The lowest BCUT2D eigenvalue weighted by atomic mass is 10.2. The van der Waals surface area contributed by atoms with E-state index in [1.807, 2.05) is 0 Å². The van der Waals surface area contributed by atoms with Crippen LogP contribution in [0.15, 0.2) is 17.3 Å². The number of aromatic nitrogens is 2. The molecule has 0 aliphatic rings. The minimum absolute atomic E-state index is 0.0522. The van der Waals surface area contributed by atoms with Crippen molar-refractivity contribution in [3.05, 3.63) is 12.4 Å². The van der Waals surface area contributed by atoms with E-state index in [9.17, 15) is 8.42 Å². The van der Waals surface area contributed by atoms with Gasteiger partial charge in [0.15, 0.2) is 0 Å². The van der Waals surface area contributed by atoms with Crippen LogP contribution in [0.2, 0.25) is 0 Å². The molecule has 0 aliphatic carbocycles. The number of sulfonamides is 1. The van der Waals surface area contributed by atoms with Crippen molar-refractivity contribution in [2.75, 3.05) is 26.4 Å². The van der Waals surface area contributed by atoms with Crippen LogP contribution in [0, 0.1) is 5.92 Å². The van der Waals surface area contributed by atoms with Crippen LogP contribution in [0.1, 0.15) is 26.7 Å². The number of ether oxygens (including phenoxy) is 1. The third kappa shape index (κ3) is 7.03. The first kappa shape index (κ1) is 18.1. The normalized spacial score (nSPS) is 12.2. The third-order valence-corrected chi connectivity index (χ3v) is 4.09. The van der Waals surface area contributed by atoms with Crippen LogP contribution < -0.4 is 4.72 Å². The molecule has 0 unspecified atom stereocenters. The Bertz CT molecular complexity index is 499. The molecule has 122 valence electrons. The number of rotatable bonds is 11. The van der Waals surface area contributed by atoms with Crippen LogP contribution in [0.4, 0.5) is 0 Å². The van der Waals surface area contributed by atoms with Gasteiger partial charge in [-0.2, -0.15) is 5.10 Å². The summed E-state index contributed by atoms with van der Waals surface area (Å²) in [4.78, 5) is 0.142. The monoisotopic (exact) mass is 319 g/mol. The van der Waals surface area contributed by atoms with E-state index in [0.717, 1.165) is 0 Å². The smallest absolute Gasteiger partial charge is 0.243 e. The topological polar surface area (TPSA) is 93.5 Å². The highest BCUT2D eigenvalue weighted by atomic mass is 32.2. The Morgan fingerprint density at radius 1 is 1.43 bits per heavy atom. The minimum atomic E-state index is -3.52. The lowest BCUT2D eigenvalue weighted by Crippen LogP contribution is -2.25. The molecular formula is C13H25N3O4S. The van der Waals surface area contributed by atoms with Crippen LogP contribution in [0.5, 0.6) is 0 Å². The Balaban J connectivity index is 2.34. The Labute approximate surface area is 126 Å². The highest BCUT2D eigenvalue weighted by Gasteiger charge is 2.15. The van der Waals surface area contributed by atoms with Crippen LogP contribution in [-0.2, 0) is 21.3 Å². The minimum Gasteiger partial charge on any atom is -0.396 e. The first-order valence-corrected chi connectivity index (χ1v) is 8.64. The summed E-state index contributed by atoms with van der Waals surface area (Å²) in [5, 5.41) is 12.7. The summed E-state index contributed by atoms with van der Waals surface area (Å²) in [6.45, 7) is 6.24. The fraction of sp³-hybridized carbons (Fsp3) is 0.769. The van der Waals surface area contributed by atoms with Crippen molar-refractivity contribution < 1.29 is 18.3 Å². The quantitative estimate of drug-likeness (QED) is 0.583. The van der Waals surface area contributed by atoms with Gasteiger partial charge in [-0.05, 0) is 18.8 Å². The summed E-state index contributed by atoms with van der Waals surface area (Å²) in [5.41, 5.74) is 0. The third-order valence-electron chi connectivity index (χ3n) is 2.67. The predicted octanol–water partition coefficient (Wildman–Crippen LogP) is 0.606. The number of aliphatic hydroxyl groups is 1. The summed E-state index contributed by atoms with van der Waals surface area (Å²) >= 11 is 0. The average Bonchev–Trinajstić information content (AvgIpc) is 2.89. The zero-order valence-electron chi connectivity index (χ0n) is 12.7. The van der Waals surface area contributed by atoms with Crippen molar-refractivity contribution in [3.63, 3.8) is 0 Å². The second-order valence-electron chi connectivity index (χ2n) is 5.24. The SMILES string of the molecule is CC(C)COCCCNS(=O)(=O)c1cnn(CCCO)c1. The van der Waals surface area contributed by atoms with E-state index in [-0.39, 0.29) is 11.5 Å². The molecule has 1 aromatic heterocycles. The number of hydrogen-bond acceptors (Lipinski definition) is 5. The lowest BCUT2D eigenvalue weighted by Gasteiger charge is -2.07. The zero-order valence-corrected chi connectivity index (χ0v) is 13.5. The van der Waals surface area contributed by atoms with E-state index in [4.69, 9.17) is 9.84 Å². The Kier molecular flexibility index (Phi) is 7.87. The van der Waals surface area contributed by atoms with Gasteiger partial charge in [0.05, 0.1) is 6.20 Å². The fourth-order valence-corrected chi connectivity index (χ4v) is 2.65. The second-order valence-corrected chi connectivity index (χ2v) is 7.00. The average molecular weight is 319 g/mol. The van der Waals surface area contributed by atoms with E-state index in [1.165, 1.54) is 17.1 Å². The van der Waals surface area contributed by atoms with E-state index in [1.54, 1.807) is 0 Å². The van der Waals surface area contributed by atoms with Gasteiger partial charge in [-0.3, -0.25) is 4.68 Å². The maximum absolute atomic E-state index is 12.0. The number of hydrogen-bond donors (Lipinski definition) is 2. The van der Waals surface area contributed by atoms with Gasteiger partial charge < -0.3 is 9.84 Å². The molecule has 0 bridgehead atoms. The summed E-state index contributed by atoms with van der Waals surface area (Å²) < 4.78 is 33.4. The van der Waals surface area contributed by atoms with Gasteiger partial charge in [0.1, 0.15) is 4.90 Å². The summed E-state index contributed by atoms with van der Waals surface area (Å²) in [7, 11) is -3.52. The van der Waals surface area contributed by atoms with Gasteiger partial charge in [0.25, 0.3) is 0 Å². The summed E-state index contributed by atoms with van der Waals surface area (Å²) in [6.07, 6.45) is 3.95. The van der Waals surface area contributed by atoms with Crippen molar-refractivity contribution in [1.29, 1.82) is 0 Å². The molecule has 0 radical (unpaired) electrons. The van der Waals surface area contributed by atoms with Crippen molar-refractivity contribution in [1.82, 2.24) is 14.5 Å². The predicted molar refractivity (Wildman–Crippen MR) is 79.4 cm³/mol. The molecular weight excluding hydrogens is 294 g/mol. The van der Waals surface area contributed by atoms with Crippen LogP contribution in [0.25, 0.3) is 0 Å². The van der Waals surface area contributed by atoms with Gasteiger partial charge in [-0.15, -0.1) is 0 Å². The molecule has 0 saturated carbocycles. The van der Waals surface area contributed by atoms with Gasteiger partial charge in [0.2, 0.25) is 10.0 Å². The molecule has 1 rings (SSSR count). The fourth-order valence-electron chi connectivity index (χ4n) is 1.62. The van der Waals surface area contributed by atoms with Gasteiger partial charge in [-0.1, -0.05) is 13.8 Å². The van der Waals surface area contributed by atoms with E-state index < -0.39 is 10.0 Å². The number of aryl methyl sites for hydroxylation is 1. The molecule has 0 spiro atoms. The zero-order chi connectivity index (χ0) is 15.7. The largest absolute Gasteiger partial charge is 0.396 e. The molecule has 0 saturated heterocycles. The number of aliphatic hydroxyl groups excluding tert-OH is 1. The molecule has 1 heterocycles. The molecule has 0 aromatic carbocycles. The highest BCUT2D eigenvalue weighted by molar-refractivity contribution is 7.89. The molecule has 8 heteroatoms. The van der Waals surface area contributed by atoms with Crippen LogP contribution >= 0.6 is 0 Å². The highest BCUT2D eigenvalue weighted by Crippen LogP contribution is 2.07. The molecule has 0 aliphatic heterocycles. The standard InChI is InChI=1S/C13H25N3O4S/c1-12(2)11-20-8-3-5-15-21(18,19)13-9-14-16(10-13)6-4-7-17/h9-10,12,15,17H,3-8,11H2,1-2H3. The van der Waals surface area contributed by atoms with Gasteiger partial charge >= 0.3 is 0 Å². The lowest BCUT2D eigenvalue weighted by molar-refractivity contribution is 0.108. The Hall–Kier alpha value is -0.960. The van der Waals surface area contributed by atoms with Crippen molar-refractivity contribution >= 4 is 10.0 Å². The van der Waals surface area contributed by atoms with Crippen molar-refractivity contribution in [2.45, 2.75) is 38.1 Å². The molecule has 1 aromatic rings. The van der Waals surface area contributed by atoms with Gasteiger partial charge in [0, 0.05) is 39.1 Å². The molecule has 2 N–H and O–H groups in total. The van der Waals surface area contributed by atoms with Gasteiger partial charge in [-0.25, -0.2) is 13.1 Å². The number of nitrogens with zero attached hydrogens (tertiary/aromatic N) is 2. The summed E-state index contributed by atoms with van der Waals surface area (Å²) in [6, 6.07) is 0. The second kappa shape index (κ2) is 9.14. The van der Waals surface area contributed by atoms with Crippen molar-refractivity contribution in [3.8, 4) is 0 Å². The number of nitrogens with one attached hydrogen (secondary N) is 1. The molecule has 21 heavy (non-hydrogen) atoms. The maximum atomic E-state index is 12.0. The molecule has 0 atom stereocenters. The molecule has 0 fully saturated rings. The van der Waals surface area contributed by atoms with E-state index >= 15 is 0 Å².